The molecule has 1 aromatic rings. The molecule has 1 saturated carbocycles. The lowest BCUT2D eigenvalue weighted by molar-refractivity contribution is -0.140. The van der Waals surface area contributed by atoms with Crippen molar-refractivity contribution in [2.75, 3.05) is 20.2 Å². The van der Waals surface area contributed by atoms with Crippen LogP contribution in [0, 0.1) is 19.8 Å². The van der Waals surface area contributed by atoms with Gasteiger partial charge in [0.25, 0.3) is 0 Å². The van der Waals surface area contributed by atoms with Crippen LogP contribution in [0.4, 0.5) is 0 Å². The van der Waals surface area contributed by atoms with Crippen molar-refractivity contribution in [1.29, 1.82) is 0 Å². The number of aliphatic hydroxyl groups is 1. The molecule has 0 amide bonds. The number of hydrogen-bond acceptors (Lipinski definition) is 5. The van der Waals surface area contributed by atoms with Gasteiger partial charge in [0.15, 0.2) is 0 Å². The van der Waals surface area contributed by atoms with Gasteiger partial charge < -0.3 is 9.84 Å². The molecule has 2 fully saturated rings. The molecule has 6 heteroatoms. The number of fused-ring (bicyclic) bond motifs is 1. The van der Waals surface area contributed by atoms with E-state index in [4.69, 9.17) is 4.74 Å². The number of carbonyl (C=O) groups excluding carboxylic acids is 1. The largest absolute Gasteiger partial charge is 0.469 e. The number of esters is 1. The van der Waals surface area contributed by atoms with Crippen LogP contribution in [-0.2, 0) is 22.6 Å². The molecule has 2 unspecified atom stereocenters. The fraction of sp³-hybridized carbons (Fsp3) is 0.789. The molecular formula is C19H31N3O3. The van der Waals surface area contributed by atoms with E-state index >= 15 is 0 Å². The number of aryl methyl sites for hydroxylation is 2. The van der Waals surface area contributed by atoms with Crippen molar-refractivity contribution in [3.05, 3.63) is 17.0 Å². The Morgan fingerprint density at radius 2 is 2.16 bits per heavy atom. The monoisotopic (exact) mass is 349 g/mol. The number of carbonyl (C=O) groups is 1. The van der Waals surface area contributed by atoms with E-state index in [1.165, 1.54) is 19.1 Å². The molecule has 2 aliphatic rings. The van der Waals surface area contributed by atoms with Gasteiger partial charge in [-0.25, -0.2) is 0 Å². The van der Waals surface area contributed by atoms with Crippen molar-refractivity contribution < 1.29 is 14.6 Å². The Bertz CT molecular complexity index is 628. The van der Waals surface area contributed by atoms with Crippen LogP contribution < -0.4 is 0 Å². The highest BCUT2D eigenvalue weighted by molar-refractivity contribution is 5.68. The maximum Gasteiger partial charge on any atom is 0.307 e. The minimum absolute atomic E-state index is 0.207. The zero-order valence-electron chi connectivity index (χ0n) is 15.8. The minimum atomic E-state index is -0.427. The Morgan fingerprint density at radius 3 is 2.92 bits per heavy atom. The molecule has 6 nitrogen and oxygen atoms in total. The third-order valence-electron chi connectivity index (χ3n) is 6.18. The highest BCUT2D eigenvalue weighted by Gasteiger charge is 2.42. The molecule has 1 aliphatic carbocycles. The molecule has 25 heavy (non-hydrogen) atoms. The molecule has 0 aromatic carbocycles. The number of ether oxygens (including phenoxy) is 1. The second-order valence-corrected chi connectivity index (χ2v) is 7.73. The third-order valence-corrected chi connectivity index (χ3v) is 6.18. The number of methoxy groups -OCH3 is 1. The van der Waals surface area contributed by atoms with Crippen LogP contribution in [-0.4, -0.2) is 51.6 Å². The standard InChI is InChI=1S/C19H31N3O3/c1-14-17(15(2)22(20-14)10-7-18(23)25-3)13-21-11-9-19(24)8-5-4-6-16(19)12-21/h16,24H,4-13H2,1-3H3. The molecule has 1 aromatic heterocycles. The second-order valence-electron chi connectivity index (χ2n) is 7.73. The predicted molar refractivity (Wildman–Crippen MR) is 95.1 cm³/mol. The van der Waals surface area contributed by atoms with Crippen LogP contribution in [0.1, 0.15) is 55.5 Å². The Hall–Kier alpha value is -1.40. The third kappa shape index (κ3) is 3.90. The summed E-state index contributed by atoms with van der Waals surface area (Å²) in [6.45, 7) is 7.47. The summed E-state index contributed by atoms with van der Waals surface area (Å²) >= 11 is 0. The fourth-order valence-electron chi connectivity index (χ4n) is 4.49. The summed E-state index contributed by atoms with van der Waals surface area (Å²) in [4.78, 5) is 13.8. The Labute approximate surface area is 150 Å². The van der Waals surface area contributed by atoms with Crippen LogP contribution in [0.3, 0.4) is 0 Å². The van der Waals surface area contributed by atoms with Crippen molar-refractivity contribution in [1.82, 2.24) is 14.7 Å². The van der Waals surface area contributed by atoms with Gasteiger partial charge in [-0.15, -0.1) is 0 Å². The number of nitrogens with zero attached hydrogens (tertiary/aromatic N) is 3. The molecule has 2 atom stereocenters. The minimum Gasteiger partial charge on any atom is -0.469 e. The summed E-state index contributed by atoms with van der Waals surface area (Å²) < 4.78 is 6.64. The van der Waals surface area contributed by atoms with Crippen LogP contribution in [0.2, 0.25) is 0 Å². The zero-order valence-corrected chi connectivity index (χ0v) is 15.8. The molecule has 0 radical (unpaired) electrons. The van der Waals surface area contributed by atoms with E-state index in [-0.39, 0.29) is 5.97 Å². The first-order valence-corrected chi connectivity index (χ1v) is 9.47. The van der Waals surface area contributed by atoms with Gasteiger partial charge in [-0.3, -0.25) is 14.4 Å². The van der Waals surface area contributed by atoms with Crippen molar-refractivity contribution in [2.24, 2.45) is 5.92 Å². The fourth-order valence-corrected chi connectivity index (χ4v) is 4.49. The highest BCUT2D eigenvalue weighted by Crippen LogP contribution is 2.40. The Kier molecular flexibility index (Phi) is 5.49. The highest BCUT2D eigenvalue weighted by atomic mass is 16.5. The average molecular weight is 349 g/mol. The number of piperidine rings is 1. The first-order chi connectivity index (χ1) is 11.9. The lowest BCUT2D eigenvalue weighted by Gasteiger charge is -2.47. The summed E-state index contributed by atoms with van der Waals surface area (Å²) in [5.74, 6) is 0.201. The van der Waals surface area contributed by atoms with E-state index in [9.17, 15) is 9.90 Å². The van der Waals surface area contributed by atoms with Crippen LogP contribution in [0.25, 0.3) is 0 Å². The normalized spacial score (nSPS) is 27.1. The molecule has 0 bridgehead atoms. The van der Waals surface area contributed by atoms with Crippen LogP contribution in [0.15, 0.2) is 0 Å². The van der Waals surface area contributed by atoms with E-state index in [1.54, 1.807) is 0 Å². The number of aromatic nitrogens is 2. The van der Waals surface area contributed by atoms with E-state index in [2.05, 4.69) is 16.9 Å². The van der Waals surface area contributed by atoms with E-state index in [0.29, 0.717) is 18.9 Å². The molecule has 1 N–H and O–H groups in total. The van der Waals surface area contributed by atoms with Crippen molar-refractivity contribution in [3.8, 4) is 0 Å². The molecule has 2 heterocycles. The van der Waals surface area contributed by atoms with Gasteiger partial charge in [0.05, 0.1) is 31.4 Å². The maximum absolute atomic E-state index is 11.4. The smallest absolute Gasteiger partial charge is 0.307 e. The van der Waals surface area contributed by atoms with Crippen LogP contribution >= 0.6 is 0 Å². The molecule has 1 saturated heterocycles. The SMILES string of the molecule is COC(=O)CCn1nc(C)c(CN2CCC3(O)CCCCC3C2)c1C. The second kappa shape index (κ2) is 7.46. The average Bonchev–Trinajstić information content (AvgIpc) is 2.87. The van der Waals surface area contributed by atoms with Gasteiger partial charge in [-0.2, -0.15) is 5.10 Å². The maximum atomic E-state index is 11.4. The Balaban J connectivity index is 1.65. The van der Waals surface area contributed by atoms with E-state index in [0.717, 1.165) is 56.7 Å². The van der Waals surface area contributed by atoms with Crippen molar-refractivity contribution in [3.63, 3.8) is 0 Å². The molecule has 140 valence electrons. The number of likely N-dealkylation sites (tertiary alicyclic amines) is 1. The van der Waals surface area contributed by atoms with E-state index < -0.39 is 5.60 Å². The molecular weight excluding hydrogens is 318 g/mol. The van der Waals surface area contributed by atoms with E-state index in [1.807, 2.05) is 11.6 Å². The van der Waals surface area contributed by atoms with Crippen molar-refractivity contribution in [2.45, 2.75) is 71.1 Å². The Morgan fingerprint density at radius 1 is 1.36 bits per heavy atom. The first kappa shape index (κ1) is 18.4. The lowest BCUT2D eigenvalue weighted by atomic mass is 9.71. The summed E-state index contributed by atoms with van der Waals surface area (Å²) in [6.07, 6.45) is 5.74. The topological polar surface area (TPSA) is 67.6 Å². The molecule has 1 aliphatic heterocycles. The zero-order chi connectivity index (χ0) is 18.0. The van der Waals surface area contributed by atoms with Gasteiger partial charge in [-0.05, 0) is 33.1 Å². The summed E-state index contributed by atoms with van der Waals surface area (Å²) in [6, 6.07) is 0. The summed E-state index contributed by atoms with van der Waals surface area (Å²) in [7, 11) is 1.41. The predicted octanol–water partition coefficient (Wildman–Crippen LogP) is 2.19. The van der Waals surface area contributed by atoms with Gasteiger partial charge in [0.2, 0.25) is 0 Å². The quantitative estimate of drug-likeness (QED) is 0.826. The van der Waals surface area contributed by atoms with Gasteiger partial charge >= 0.3 is 5.97 Å². The molecule has 0 spiro atoms. The van der Waals surface area contributed by atoms with Gasteiger partial charge in [0.1, 0.15) is 0 Å². The van der Waals surface area contributed by atoms with Crippen LogP contribution in [0.5, 0.6) is 0 Å². The number of rotatable bonds is 5. The number of hydrogen-bond donors (Lipinski definition) is 1. The molecule has 3 rings (SSSR count). The lowest BCUT2D eigenvalue weighted by Crippen LogP contribution is -2.53. The summed E-state index contributed by atoms with van der Waals surface area (Å²) in [5.41, 5.74) is 2.99. The van der Waals surface area contributed by atoms with Crippen molar-refractivity contribution >= 4 is 5.97 Å². The van der Waals surface area contributed by atoms with Gasteiger partial charge in [-0.1, -0.05) is 12.8 Å². The summed E-state index contributed by atoms with van der Waals surface area (Å²) in [5, 5.41) is 15.5. The first-order valence-electron chi connectivity index (χ1n) is 9.47. The van der Waals surface area contributed by atoms with Gasteiger partial charge in [0, 0.05) is 36.8 Å².